The molecular formula is C7H14O3S. The molecule has 0 aliphatic rings. The van der Waals surface area contributed by atoms with Crippen molar-refractivity contribution in [2.75, 3.05) is 25.2 Å². The molecule has 0 rings (SSSR count). The van der Waals surface area contributed by atoms with Gasteiger partial charge >= 0.3 is 0 Å². The third-order valence-electron chi connectivity index (χ3n) is 1.06. The minimum absolute atomic E-state index is 0.0788. The van der Waals surface area contributed by atoms with Crippen molar-refractivity contribution in [1.82, 2.24) is 0 Å². The molecule has 0 heterocycles. The van der Waals surface area contributed by atoms with E-state index < -0.39 is 10.8 Å². The lowest BCUT2D eigenvalue weighted by molar-refractivity contribution is -0.120. The topological polar surface area (TPSA) is 43.4 Å². The molecule has 0 spiro atoms. The third-order valence-corrected chi connectivity index (χ3v) is 2.57. The van der Waals surface area contributed by atoms with E-state index in [9.17, 15) is 9.00 Å². The number of Topliss-reactive ketones (excluding diaryl/α,β-unsaturated/α-hetero) is 1. The minimum Gasteiger partial charge on any atom is -0.377 e. The average Bonchev–Trinajstić information content (AvgIpc) is 1.87. The fourth-order valence-corrected chi connectivity index (χ4v) is 1.72. The largest absolute Gasteiger partial charge is 0.377 e. The average molecular weight is 178 g/mol. The summed E-state index contributed by atoms with van der Waals surface area (Å²) >= 11 is 0. The van der Waals surface area contributed by atoms with Gasteiger partial charge < -0.3 is 4.74 Å². The second kappa shape index (κ2) is 6.49. The Hall–Kier alpha value is -0.220. The van der Waals surface area contributed by atoms with Crippen LogP contribution in [0.2, 0.25) is 0 Å². The Morgan fingerprint density at radius 3 is 2.64 bits per heavy atom. The molecule has 11 heavy (non-hydrogen) atoms. The molecule has 0 amide bonds. The predicted molar refractivity (Wildman–Crippen MR) is 45.1 cm³/mol. The summed E-state index contributed by atoms with van der Waals surface area (Å²) in [6.45, 7) is 2.02. The molecule has 3 nitrogen and oxygen atoms in total. The zero-order valence-electron chi connectivity index (χ0n) is 6.96. The van der Waals surface area contributed by atoms with Crippen molar-refractivity contribution in [3.8, 4) is 0 Å². The van der Waals surface area contributed by atoms with Crippen molar-refractivity contribution in [2.45, 2.75) is 13.3 Å². The molecule has 0 aliphatic heterocycles. The Labute approximate surface area is 69.6 Å². The Bertz CT molecular complexity index is 129. The van der Waals surface area contributed by atoms with Gasteiger partial charge in [0, 0.05) is 23.7 Å². The summed E-state index contributed by atoms with van der Waals surface area (Å²) in [7, 11) is 0.478. The molecule has 0 fully saturated rings. The van der Waals surface area contributed by atoms with Crippen LogP contribution in [-0.4, -0.2) is 35.2 Å². The van der Waals surface area contributed by atoms with E-state index in [4.69, 9.17) is 0 Å². The highest BCUT2D eigenvalue weighted by Gasteiger charge is 2.05. The molecule has 66 valence electrons. The highest BCUT2D eigenvalue weighted by Crippen LogP contribution is 1.88. The van der Waals surface area contributed by atoms with Crippen molar-refractivity contribution in [1.29, 1.82) is 0 Å². The van der Waals surface area contributed by atoms with Crippen molar-refractivity contribution in [2.24, 2.45) is 0 Å². The first-order valence-corrected chi connectivity index (χ1v) is 5.05. The molecule has 1 atom stereocenters. The van der Waals surface area contributed by atoms with Gasteiger partial charge in [-0.15, -0.1) is 0 Å². The lowest BCUT2D eigenvalue weighted by atomic mass is 10.5. The van der Waals surface area contributed by atoms with Gasteiger partial charge in [0.15, 0.2) is 5.78 Å². The Kier molecular flexibility index (Phi) is 6.36. The van der Waals surface area contributed by atoms with Crippen LogP contribution in [0, 0.1) is 0 Å². The van der Waals surface area contributed by atoms with Gasteiger partial charge in [0.05, 0.1) is 5.75 Å². The van der Waals surface area contributed by atoms with Gasteiger partial charge in [-0.3, -0.25) is 9.00 Å². The van der Waals surface area contributed by atoms with Gasteiger partial charge in [0.1, 0.15) is 6.61 Å². The van der Waals surface area contributed by atoms with Crippen LogP contribution in [-0.2, 0) is 20.3 Å². The first kappa shape index (κ1) is 10.8. The number of carbonyl (C=O) groups is 1. The Balaban J connectivity index is 3.49. The Morgan fingerprint density at radius 1 is 1.55 bits per heavy atom. The number of ether oxygens (including phenoxy) is 1. The SMILES string of the molecule is CCCS(=O)CC(=O)COC. The monoisotopic (exact) mass is 178 g/mol. The first-order valence-electron chi connectivity index (χ1n) is 3.56. The Morgan fingerprint density at radius 2 is 2.18 bits per heavy atom. The maximum atomic E-state index is 11.0. The molecule has 0 aromatic rings. The smallest absolute Gasteiger partial charge is 0.170 e. The standard InChI is InChI=1S/C7H14O3S/c1-3-4-11(9)6-7(8)5-10-2/h3-6H2,1-2H3. The van der Waals surface area contributed by atoms with Crippen molar-refractivity contribution < 1.29 is 13.7 Å². The summed E-state index contributed by atoms with van der Waals surface area (Å²) in [4.78, 5) is 10.8. The number of rotatable bonds is 6. The van der Waals surface area contributed by atoms with Gasteiger partial charge in [0.25, 0.3) is 0 Å². The second-order valence-electron chi connectivity index (χ2n) is 2.26. The van der Waals surface area contributed by atoms with Crippen LogP contribution in [0.3, 0.4) is 0 Å². The highest BCUT2D eigenvalue weighted by atomic mass is 32.2. The first-order chi connectivity index (χ1) is 5.20. The normalized spacial score (nSPS) is 12.9. The van der Waals surface area contributed by atoms with Crippen LogP contribution < -0.4 is 0 Å². The van der Waals surface area contributed by atoms with Gasteiger partial charge in [-0.25, -0.2) is 0 Å². The number of ketones is 1. The zero-order valence-corrected chi connectivity index (χ0v) is 7.78. The van der Waals surface area contributed by atoms with Gasteiger partial charge in [-0.1, -0.05) is 6.92 Å². The van der Waals surface area contributed by atoms with Gasteiger partial charge in [-0.2, -0.15) is 0 Å². The molecule has 0 saturated heterocycles. The van der Waals surface area contributed by atoms with E-state index in [1.54, 1.807) is 0 Å². The summed E-state index contributed by atoms with van der Waals surface area (Å²) in [6.07, 6.45) is 0.854. The molecule has 0 aromatic heterocycles. The fraction of sp³-hybridized carbons (Fsp3) is 0.857. The maximum absolute atomic E-state index is 11.0. The second-order valence-corrected chi connectivity index (χ2v) is 3.84. The summed E-state index contributed by atoms with van der Waals surface area (Å²) in [5.41, 5.74) is 0. The van der Waals surface area contributed by atoms with Crippen LogP contribution >= 0.6 is 0 Å². The number of hydrogen-bond acceptors (Lipinski definition) is 3. The van der Waals surface area contributed by atoms with E-state index in [0.717, 1.165) is 6.42 Å². The molecule has 0 radical (unpaired) electrons. The molecule has 1 unspecified atom stereocenters. The number of hydrogen-bond donors (Lipinski definition) is 0. The lowest BCUT2D eigenvalue weighted by Gasteiger charge is -1.98. The van der Waals surface area contributed by atoms with Crippen LogP contribution in [0.5, 0.6) is 0 Å². The van der Waals surface area contributed by atoms with E-state index >= 15 is 0 Å². The van der Waals surface area contributed by atoms with Crippen LogP contribution in [0.4, 0.5) is 0 Å². The summed E-state index contributed by atoms with van der Waals surface area (Å²) in [5.74, 6) is 0.663. The minimum atomic E-state index is -0.981. The van der Waals surface area contributed by atoms with Crippen molar-refractivity contribution in [3.63, 3.8) is 0 Å². The third kappa shape index (κ3) is 6.19. The van der Waals surface area contributed by atoms with Crippen molar-refractivity contribution >= 4 is 16.6 Å². The molecule has 0 saturated carbocycles. The summed E-state index contributed by atoms with van der Waals surface area (Å²) in [6, 6.07) is 0. The molecule has 4 heteroatoms. The van der Waals surface area contributed by atoms with E-state index in [-0.39, 0.29) is 18.1 Å². The highest BCUT2D eigenvalue weighted by molar-refractivity contribution is 7.85. The van der Waals surface area contributed by atoms with E-state index in [0.29, 0.717) is 5.75 Å². The molecule has 0 aliphatic carbocycles. The number of carbonyl (C=O) groups excluding carboxylic acids is 1. The predicted octanol–water partition coefficient (Wildman–Crippen LogP) is 0.361. The summed E-state index contributed by atoms with van der Waals surface area (Å²) < 4.78 is 15.6. The lowest BCUT2D eigenvalue weighted by Crippen LogP contribution is -2.17. The molecule has 0 aromatic carbocycles. The molecule has 0 N–H and O–H groups in total. The van der Waals surface area contributed by atoms with Gasteiger partial charge in [0.2, 0.25) is 0 Å². The van der Waals surface area contributed by atoms with E-state index in [1.807, 2.05) is 6.92 Å². The number of methoxy groups -OCH3 is 1. The molecular weight excluding hydrogens is 164 g/mol. The van der Waals surface area contributed by atoms with E-state index in [1.165, 1.54) is 7.11 Å². The summed E-state index contributed by atoms with van der Waals surface area (Å²) in [5, 5.41) is 0. The van der Waals surface area contributed by atoms with E-state index in [2.05, 4.69) is 4.74 Å². The maximum Gasteiger partial charge on any atom is 0.170 e. The van der Waals surface area contributed by atoms with Gasteiger partial charge in [-0.05, 0) is 6.42 Å². The fourth-order valence-electron chi connectivity index (χ4n) is 0.682. The van der Waals surface area contributed by atoms with Crippen LogP contribution in [0.25, 0.3) is 0 Å². The zero-order chi connectivity index (χ0) is 8.69. The van der Waals surface area contributed by atoms with Crippen LogP contribution in [0.1, 0.15) is 13.3 Å². The van der Waals surface area contributed by atoms with Crippen LogP contribution in [0.15, 0.2) is 0 Å². The quantitative estimate of drug-likeness (QED) is 0.590. The molecule has 0 bridgehead atoms. The van der Waals surface area contributed by atoms with Crippen molar-refractivity contribution in [3.05, 3.63) is 0 Å².